The van der Waals surface area contributed by atoms with Crippen LogP contribution in [-0.4, -0.2) is 21.1 Å². The first-order valence-electron chi connectivity index (χ1n) is 5.14. The molecule has 0 aromatic heterocycles. The predicted molar refractivity (Wildman–Crippen MR) is 64.7 cm³/mol. The van der Waals surface area contributed by atoms with Gasteiger partial charge in [0, 0.05) is 0 Å². The molecule has 1 aliphatic heterocycles. The average molecular weight is 327 g/mol. The second-order valence-corrected chi connectivity index (χ2v) is 9.74. The molecule has 4 nitrogen and oxygen atoms in total. The van der Waals surface area contributed by atoms with Crippen LogP contribution in [0.2, 0.25) is 0 Å². The van der Waals surface area contributed by atoms with Crippen molar-refractivity contribution in [1.29, 1.82) is 0 Å². The number of rotatable bonds is 0. The van der Waals surface area contributed by atoms with E-state index in [0.717, 1.165) is 0 Å². The third kappa shape index (κ3) is 1.34. The van der Waals surface area contributed by atoms with Gasteiger partial charge in [0.1, 0.15) is 0 Å². The van der Waals surface area contributed by atoms with Gasteiger partial charge in [-0.2, -0.15) is 0 Å². The monoisotopic (exact) mass is 328 g/mol. The normalized spacial score (nSPS) is 18.7. The Labute approximate surface area is 106 Å². The third-order valence-corrected chi connectivity index (χ3v) is 9.23. The topological polar surface area (TPSA) is 68.3 Å². The Kier molecular flexibility index (Phi) is 2.26. The van der Waals surface area contributed by atoms with E-state index in [1.807, 2.05) is 0 Å². The number of fused-ring (bicyclic) bond motifs is 2. The maximum atomic E-state index is 12.4. The molecule has 0 N–H and O–H groups in total. The van der Waals surface area contributed by atoms with Gasteiger partial charge in [0.15, 0.2) is 0 Å². The molecule has 2 aromatic rings. The van der Waals surface area contributed by atoms with Crippen molar-refractivity contribution < 1.29 is 16.1 Å². The maximum absolute atomic E-state index is 12.4. The Morgan fingerprint density at radius 3 is 1.56 bits per heavy atom. The fourth-order valence-electron chi connectivity index (χ4n) is 2.03. The van der Waals surface area contributed by atoms with Crippen LogP contribution in [0.1, 0.15) is 0 Å². The summed E-state index contributed by atoms with van der Waals surface area (Å²) in [6.07, 6.45) is 0. The molecule has 3 rings (SSSR count). The average Bonchev–Trinajstić information content (AvgIpc) is 2.37. The van der Waals surface area contributed by atoms with Crippen LogP contribution < -0.4 is 8.92 Å². The van der Waals surface area contributed by atoms with Gasteiger partial charge in [0.05, 0.1) is 0 Å². The van der Waals surface area contributed by atoms with Crippen LogP contribution in [0, 0.1) is 0 Å². The van der Waals surface area contributed by atoms with E-state index < -0.39 is 22.5 Å². The summed E-state index contributed by atoms with van der Waals surface area (Å²) in [7, 11) is -3.73. The minimum atomic E-state index is -4.60. The van der Waals surface area contributed by atoms with Gasteiger partial charge in [-0.1, -0.05) is 0 Å². The molecule has 1 aliphatic rings. The first-order chi connectivity index (χ1) is 8.45. The molecule has 0 saturated carbocycles. The third-order valence-electron chi connectivity index (χ3n) is 2.86. The molecule has 2 aromatic carbocycles. The molecule has 0 amide bonds. The van der Waals surface area contributed by atoms with Crippen molar-refractivity contribution in [3.8, 4) is 0 Å². The van der Waals surface area contributed by atoms with Crippen LogP contribution in [0.3, 0.4) is 0 Å². The van der Waals surface area contributed by atoms with Crippen molar-refractivity contribution in [3.05, 3.63) is 48.5 Å². The van der Waals surface area contributed by atoms with Gasteiger partial charge in [0.25, 0.3) is 0 Å². The quantitative estimate of drug-likeness (QED) is 0.555. The summed E-state index contributed by atoms with van der Waals surface area (Å²) >= 11 is -4.60. The van der Waals surface area contributed by atoms with E-state index in [4.69, 9.17) is 0 Å². The van der Waals surface area contributed by atoms with E-state index in [2.05, 4.69) is 0 Å². The van der Waals surface area contributed by atoms with Crippen LogP contribution in [-0.2, 0) is 17.5 Å². The molecule has 92 valence electrons. The molecule has 0 fully saturated rings. The molecule has 0 bridgehead atoms. The molecule has 0 atom stereocenters. The summed E-state index contributed by atoms with van der Waals surface area (Å²) < 4.78 is 49.3. The summed E-state index contributed by atoms with van der Waals surface area (Å²) in [5.74, 6) is 0. The van der Waals surface area contributed by atoms with Crippen LogP contribution in [0.4, 0.5) is 0 Å². The van der Waals surface area contributed by atoms with Crippen molar-refractivity contribution in [2.45, 2.75) is 9.79 Å². The molecule has 0 radical (unpaired) electrons. The first-order valence-corrected chi connectivity index (χ1v) is 9.73. The molecule has 0 unspecified atom stereocenters. The van der Waals surface area contributed by atoms with Gasteiger partial charge in [0.2, 0.25) is 0 Å². The zero-order valence-corrected chi connectivity index (χ0v) is 11.6. The molecule has 0 saturated heterocycles. The second kappa shape index (κ2) is 3.51. The van der Waals surface area contributed by atoms with Crippen molar-refractivity contribution in [3.63, 3.8) is 0 Å². The summed E-state index contributed by atoms with van der Waals surface area (Å²) in [5.41, 5.74) is 0. The van der Waals surface area contributed by atoms with E-state index in [-0.39, 0.29) is 18.7 Å². The van der Waals surface area contributed by atoms with Gasteiger partial charge in [-0.15, -0.1) is 0 Å². The molecular formula is C12H8O4SSe. The predicted octanol–water partition coefficient (Wildman–Crippen LogP) is 0.250. The van der Waals surface area contributed by atoms with Gasteiger partial charge < -0.3 is 0 Å². The number of sulfone groups is 1. The van der Waals surface area contributed by atoms with E-state index in [0.29, 0.717) is 0 Å². The van der Waals surface area contributed by atoms with Crippen molar-refractivity contribution in [2.75, 3.05) is 0 Å². The van der Waals surface area contributed by atoms with Crippen LogP contribution in [0.15, 0.2) is 58.3 Å². The number of hydrogen-bond acceptors (Lipinski definition) is 4. The van der Waals surface area contributed by atoms with Crippen LogP contribution >= 0.6 is 0 Å². The van der Waals surface area contributed by atoms with Crippen LogP contribution in [0.25, 0.3) is 0 Å². The molecule has 1 heterocycles. The van der Waals surface area contributed by atoms with Gasteiger partial charge in [-0.05, 0) is 0 Å². The Balaban J connectivity index is 2.58. The first kappa shape index (κ1) is 11.6. The summed E-state index contributed by atoms with van der Waals surface area (Å²) in [6, 6.07) is 11.5. The van der Waals surface area contributed by atoms with Crippen molar-refractivity contribution in [2.24, 2.45) is 0 Å². The Bertz CT molecular complexity index is 720. The molecule has 18 heavy (non-hydrogen) atoms. The fourth-order valence-corrected chi connectivity index (χ4v) is 8.94. The SMILES string of the molecule is O=S1(=O)c2ccccc2[Se](=O)(=O)c2ccccc21. The summed E-state index contributed by atoms with van der Waals surface area (Å²) in [6.45, 7) is 0. The molecular weight excluding hydrogens is 319 g/mol. The standard InChI is InChI=1S/C12H8O4SSe/c13-17(14)9-5-1-3-7-11(9)18(15,16)12-8-4-2-6-10(12)17/h1-8H. The zero-order valence-electron chi connectivity index (χ0n) is 9.07. The molecule has 0 spiro atoms. The second-order valence-electron chi connectivity index (χ2n) is 3.90. The Hall–Kier alpha value is -1.49. The minimum absolute atomic E-state index is 0.0764. The van der Waals surface area contributed by atoms with E-state index in [1.54, 1.807) is 0 Å². The Morgan fingerprint density at radius 1 is 0.722 bits per heavy atom. The van der Waals surface area contributed by atoms with Gasteiger partial charge in [-0.25, -0.2) is 0 Å². The zero-order chi connectivity index (χ0) is 13.0. The van der Waals surface area contributed by atoms with Crippen LogP contribution in [0.5, 0.6) is 0 Å². The fraction of sp³-hybridized carbons (Fsp3) is 0. The summed E-state index contributed by atoms with van der Waals surface area (Å²) in [5, 5.41) is 0. The van der Waals surface area contributed by atoms with E-state index >= 15 is 0 Å². The van der Waals surface area contributed by atoms with Crippen molar-refractivity contribution in [1.82, 2.24) is 0 Å². The van der Waals surface area contributed by atoms with E-state index in [1.165, 1.54) is 48.5 Å². The van der Waals surface area contributed by atoms with Gasteiger partial charge >= 0.3 is 106 Å². The molecule has 6 heteroatoms. The Morgan fingerprint density at radius 2 is 1.11 bits per heavy atom. The summed E-state index contributed by atoms with van der Waals surface area (Å²) in [4.78, 5) is -0.234. The van der Waals surface area contributed by atoms with Gasteiger partial charge in [-0.3, -0.25) is 0 Å². The molecule has 0 aliphatic carbocycles. The number of benzene rings is 2. The van der Waals surface area contributed by atoms with E-state index in [9.17, 15) is 16.1 Å². The number of hydrogen-bond donors (Lipinski definition) is 0. The van der Waals surface area contributed by atoms with Crippen molar-refractivity contribution >= 4 is 31.5 Å².